The minimum atomic E-state index is -0.979. The lowest BCUT2D eigenvalue weighted by Gasteiger charge is -2.46. The second-order valence-electron chi connectivity index (χ2n) is 6.94. The number of anilines is 1. The molecule has 0 spiro atoms. The number of methoxy groups -OCH3 is 1. The molecule has 8 nitrogen and oxygen atoms in total. The second-order valence-corrected chi connectivity index (χ2v) is 6.94. The molecule has 0 N–H and O–H groups in total. The van der Waals surface area contributed by atoms with Crippen LogP contribution >= 0.6 is 0 Å². The molecule has 1 amide bonds. The Kier molecular flexibility index (Phi) is 6.41. The predicted molar refractivity (Wildman–Crippen MR) is 105 cm³/mol. The van der Waals surface area contributed by atoms with Crippen LogP contribution in [0.1, 0.15) is 26.2 Å². The van der Waals surface area contributed by atoms with Crippen LogP contribution in [0.2, 0.25) is 0 Å². The number of hydrogen-bond acceptors (Lipinski definition) is 6. The maximum Gasteiger partial charge on any atom is 0.332 e. The summed E-state index contributed by atoms with van der Waals surface area (Å²) in [5.41, 5.74) is -0.247. The van der Waals surface area contributed by atoms with Crippen molar-refractivity contribution in [2.24, 2.45) is 0 Å². The highest BCUT2D eigenvalue weighted by molar-refractivity contribution is 6.02. The molecule has 0 bridgehead atoms. The Morgan fingerprint density at radius 1 is 1.18 bits per heavy atom. The molecular weight excluding hydrogens is 358 g/mol. The molecule has 0 radical (unpaired) electrons. The van der Waals surface area contributed by atoms with Crippen molar-refractivity contribution in [2.45, 2.75) is 38.3 Å². The summed E-state index contributed by atoms with van der Waals surface area (Å²) in [6.07, 6.45) is 4.59. The van der Waals surface area contributed by atoms with Gasteiger partial charge in [0.2, 0.25) is 5.91 Å². The third kappa shape index (κ3) is 4.06. The second kappa shape index (κ2) is 8.97. The van der Waals surface area contributed by atoms with Crippen molar-refractivity contribution in [3.63, 3.8) is 0 Å². The smallest absolute Gasteiger partial charge is 0.332 e. The number of carbonyl (C=O) groups excluding carboxylic acids is 2. The van der Waals surface area contributed by atoms with Gasteiger partial charge in [0, 0.05) is 31.7 Å². The van der Waals surface area contributed by atoms with E-state index < -0.39 is 5.54 Å². The molecule has 2 aromatic rings. The quantitative estimate of drug-likeness (QED) is 0.675. The van der Waals surface area contributed by atoms with E-state index in [2.05, 4.69) is 15.0 Å². The van der Waals surface area contributed by atoms with Crippen molar-refractivity contribution in [1.29, 1.82) is 0 Å². The van der Waals surface area contributed by atoms with Crippen molar-refractivity contribution in [2.75, 3.05) is 31.6 Å². The standard InChI is InChI=1S/C20H27N5O3/c1-3-18(26)25(17-7-5-4-6-8-17)20(19(27)28-2)9-11-23(12-10-20)13-14-24-16-21-15-22-24/h4-8,15-16H,3,9-14H2,1-2H3. The summed E-state index contributed by atoms with van der Waals surface area (Å²) in [6.45, 7) is 4.76. The Bertz CT molecular complexity index is 770. The van der Waals surface area contributed by atoms with Gasteiger partial charge in [0.25, 0.3) is 0 Å². The Morgan fingerprint density at radius 3 is 2.46 bits per heavy atom. The van der Waals surface area contributed by atoms with Crippen LogP contribution < -0.4 is 4.90 Å². The summed E-state index contributed by atoms with van der Waals surface area (Å²) in [7, 11) is 1.39. The first-order valence-corrected chi connectivity index (χ1v) is 9.62. The van der Waals surface area contributed by atoms with E-state index >= 15 is 0 Å². The van der Waals surface area contributed by atoms with Crippen LogP contribution in [0, 0.1) is 0 Å². The highest BCUT2D eigenvalue weighted by Gasteiger charge is 2.49. The number of piperidine rings is 1. The molecule has 1 aliphatic heterocycles. The van der Waals surface area contributed by atoms with E-state index in [9.17, 15) is 9.59 Å². The number of amides is 1. The van der Waals surface area contributed by atoms with Gasteiger partial charge in [-0.2, -0.15) is 5.10 Å². The number of para-hydroxylation sites is 1. The average Bonchev–Trinajstić information content (AvgIpc) is 3.27. The minimum Gasteiger partial charge on any atom is -0.467 e. The number of nitrogens with zero attached hydrogens (tertiary/aromatic N) is 5. The van der Waals surface area contributed by atoms with Gasteiger partial charge in [-0.15, -0.1) is 0 Å². The van der Waals surface area contributed by atoms with Crippen molar-refractivity contribution in [3.8, 4) is 0 Å². The van der Waals surface area contributed by atoms with Crippen LogP contribution in [0.5, 0.6) is 0 Å². The van der Waals surface area contributed by atoms with E-state index in [-0.39, 0.29) is 11.9 Å². The molecule has 8 heteroatoms. The number of hydrogen-bond donors (Lipinski definition) is 0. The number of benzene rings is 1. The number of esters is 1. The van der Waals surface area contributed by atoms with Crippen molar-refractivity contribution in [1.82, 2.24) is 19.7 Å². The molecule has 3 rings (SSSR count). The molecule has 28 heavy (non-hydrogen) atoms. The Labute approximate surface area is 165 Å². The normalized spacial score (nSPS) is 16.5. The molecule has 0 atom stereocenters. The number of rotatable bonds is 7. The van der Waals surface area contributed by atoms with Gasteiger partial charge in [-0.3, -0.25) is 14.4 Å². The molecular formula is C20H27N5O3. The van der Waals surface area contributed by atoms with Gasteiger partial charge < -0.3 is 9.64 Å². The van der Waals surface area contributed by atoms with Crippen LogP contribution in [0.4, 0.5) is 5.69 Å². The zero-order chi connectivity index (χ0) is 20.0. The monoisotopic (exact) mass is 385 g/mol. The van der Waals surface area contributed by atoms with Gasteiger partial charge in [0.05, 0.1) is 13.7 Å². The third-order valence-electron chi connectivity index (χ3n) is 5.35. The van der Waals surface area contributed by atoms with Gasteiger partial charge in [0.15, 0.2) is 0 Å². The first-order chi connectivity index (χ1) is 13.6. The molecule has 0 saturated carbocycles. The summed E-state index contributed by atoms with van der Waals surface area (Å²) >= 11 is 0. The Balaban J connectivity index is 1.80. The van der Waals surface area contributed by atoms with Gasteiger partial charge >= 0.3 is 5.97 Å². The summed E-state index contributed by atoms with van der Waals surface area (Å²) in [5.74, 6) is -0.429. The van der Waals surface area contributed by atoms with Gasteiger partial charge in [-0.05, 0) is 25.0 Å². The van der Waals surface area contributed by atoms with E-state index in [0.29, 0.717) is 32.4 Å². The van der Waals surface area contributed by atoms with E-state index in [1.54, 1.807) is 15.9 Å². The number of ether oxygens (including phenoxy) is 1. The first kappa shape index (κ1) is 20.0. The largest absolute Gasteiger partial charge is 0.467 e. The van der Waals surface area contributed by atoms with Crippen LogP contribution in [0.25, 0.3) is 0 Å². The summed E-state index contributed by atoms with van der Waals surface area (Å²) in [4.78, 5) is 33.7. The fraction of sp³-hybridized carbons (Fsp3) is 0.500. The van der Waals surface area contributed by atoms with Crippen molar-refractivity contribution < 1.29 is 14.3 Å². The van der Waals surface area contributed by atoms with E-state index in [1.807, 2.05) is 37.3 Å². The molecule has 1 fully saturated rings. The third-order valence-corrected chi connectivity index (χ3v) is 5.35. The zero-order valence-electron chi connectivity index (χ0n) is 16.5. The van der Waals surface area contributed by atoms with Gasteiger partial charge in [-0.1, -0.05) is 25.1 Å². The fourth-order valence-corrected chi connectivity index (χ4v) is 3.81. The van der Waals surface area contributed by atoms with Gasteiger partial charge in [-0.25, -0.2) is 9.78 Å². The lowest BCUT2D eigenvalue weighted by atomic mass is 9.84. The number of likely N-dealkylation sites (tertiary alicyclic amines) is 1. The van der Waals surface area contributed by atoms with Gasteiger partial charge in [0.1, 0.15) is 18.2 Å². The first-order valence-electron chi connectivity index (χ1n) is 9.62. The molecule has 2 heterocycles. The lowest BCUT2D eigenvalue weighted by Crippen LogP contribution is -2.62. The van der Waals surface area contributed by atoms with E-state index in [0.717, 1.165) is 18.8 Å². The Hall–Kier alpha value is -2.74. The topological polar surface area (TPSA) is 80.6 Å². The SMILES string of the molecule is CCC(=O)N(c1ccccc1)C1(C(=O)OC)CCN(CCn2cncn2)CC1. The highest BCUT2D eigenvalue weighted by atomic mass is 16.5. The highest BCUT2D eigenvalue weighted by Crippen LogP contribution is 2.35. The Morgan fingerprint density at radius 2 is 1.89 bits per heavy atom. The van der Waals surface area contributed by atoms with E-state index in [4.69, 9.17) is 4.74 Å². The molecule has 0 aliphatic carbocycles. The molecule has 1 saturated heterocycles. The molecule has 1 aromatic carbocycles. The minimum absolute atomic E-state index is 0.0762. The number of carbonyl (C=O) groups is 2. The van der Waals surface area contributed by atoms with Crippen LogP contribution in [-0.2, 0) is 20.9 Å². The molecule has 150 valence electrons. The summed E-state index contributed by atoms with van der Waals surface area (Å²) < 4.78 is 6.96. The zero-order valence-corrected chi connectivity index (χ0v) is 16.5. The van der Waals surface area contributed by atoms with Crippen LogP contribution in [-0.4, -0.2) is 63.8 Å². The summed E-state index contributed by atoms with van der Waals surface area (Å²) in [5, 5.41) is 4.12. The average molecular weight is 385 g/mol. The van der Waals surface area contributed by atoms with E-state index in [1.165, 1.54) is 13.4 Å². The fourth-order valence-electron chi connectivity index (χ4n) is 3.81. The lowest BCUT2D eigenvalue weighted by molar-refractivity contribution is -0.151. The maximum absolute atomic E-state index is 12.9. The van der Waals surface area contributed by atoms with Crippen molar-refractivity contribution >= 4 is 17.6 Å². The molecule has 1 aliphatic rings. The number of aromatic nitrogens is 3. The predicted octanol–water partition coefficient (Wildman–Crippen LogP) is 1.73. The molecule has 0 unspecified atom stereocenters. The van der Waals surface area contributed by atoms with Crippen LogP contribution in [0.3, 0.4) is 0 Å². The maximum atomic E-state index is 12.9. The molecule has 1 aromatic heterocycles. The van der Waals surface area contributed by atoms with Crippen molar-refractivity contribution in [3.05, 3.63) is 43.0 Å². The van der Waals surface area contributed by atoms with Crippen LogP contribution in [0.15, 0.2) is 43.0 Å². The summed E-state index contributed by atoms with van der Waals surface area (Å²) in [6, 6.07) is 9.40.